The van der Waals surface area contributed by atoms with Crippen molar-refractivity contribution in [3.05, 3.63) is 35.9 Å². The summed E-state index contributed by atoms with van der Waals surface area (Å²) in [6.45, 7) is 3.47. The summed E-state index contributed by atoms with van der Waals surface area (Å²) in [6, 6.07) is 10.1. The van der Waals surface area contributed by atoms with Gasteiger partial charge in [0, 0.05) is 42.7 Å². The van der Waals surface area contributed by atoms with Crippen LogP contribution in [0.2, 0.25) is 0 Å². The fraction of sp³-hybridized carbons (Fsp3) is 0.448. The molecule has 0 spiro atoms. The highest BCUT2D eigenvalue weighted by Gasteiger charge is 2.30. The second-order valence-corrected chi connectivity index (χ2v) is 10.8. The number of rotatable bonds is 6. The van der Waals surface area contributed by atoms with Crippen molar-refractivity contribution in [3.63, 3.8) is 0 Å². The maximum absolute atomic E-state index is 13.4. The third-order valence-electron chi connectivity index (χ3n) is 8.14. The van der Waals surface area contributed by atoms with Crippen molar-refractivity contribution in [1.82, 2.24) is 19.0 Å². The molecule has 9 heteroatoms. The van der Waals surface area contributed by atoms with Gasteiger partial charge in [0.1, 0.15) is 17.9 Å². The third-order valence-corrected chi connectivity index (χ3v) is 8.14. The molecule has 7 rings (SSSR count). The van der Waals surface area contributed by atoms with Crippen LogP contribution >= 0.6 is 0 Å². The molecular weight excluding hydrogens is 482 g/mol. The molecule has 2 aromatic carbocycles. The van der Waals surface area contributed by atoms with Gasteiger partial charge in [-0.25, -0.2) is 4.98 Å². The first-order chi connectivity index (χ1) is 18.5. The Bertz CT molecular complexity index is 1570. The topological polar surface area (TPSA) is 96.8 Å². The minimum atomic E-state index is -0.00869. The van der Waals surface area contributed by atoms with Crippen LogP contribution in [0.25, 0.3) is 33.5 Å². The molecule has 1 saturated carbocycles. The van der Waals surface area contributed by atoms with Crippen molar-refractivity contribution in [2.24, 2.45) is 11.7 Å². The molecule has 4 heterocycles. The van der Waals surface area contributed by atoms with Gasteiger partial charge in [-0.15, -0.1) is 0 Å². The second-order valence-electron chi connectivity index (χ2n) is 10.8. The molecule has 1 amide bonds. The molecule has 38 heavy (non-hydrogen) atoms. The van der Waals surface area contributed by atoms with E-state index < -0.39 is 0 Å². The molecule has 198 valence electrons. The zero-order valence-electron chi connectivity index (χ0n) is 21.9. The van der Waals surface area contributed by atoms with E-state index in [-0.39, 0.29) is 11.9 Å². The highest BCUT2D eigenvalue weighted by Crippen LogP contribution is 2.41. The van der Waals surface area contributed by atoms with Crippen molar-refractivity contribution < 1.29 is 19.0 Å². The van der Waals surface area contributed by atoms with E-state index in [1.165, 1.54) is 12.8 Å². The molecule has 1 atom stereocenters. The van der Waals surface area contributed by atoms with Crippen molar-refractivity contribution in [3.8, 4) is 28.8 Å². The number of methoxy groups -OCH3 is 2. The lowest BCUT2D eigenvalue weighted by atomic mass is 10.0. The summed E-state index contributed by atoms with van der Waals surface area (Å²) in [5, 5.41) is 1.09. The summed E-state index contributed by atoms with van der Waals surface area (Å²) in [6.07, 6.45) is 4.37. The lowest BCUT2D eigenvalue weighted by Gasteiger charge is -2.31. The zero-order chi connectivity index (χ0) is 26.0. The smallest absolute Gasteiger partial charge is 0.254 e. The van der Waals surface area contributed by atoms with E-state index in [1.807, 2.05) is 23.1 Å². The molecule has 2 N–H and O–H groups in total. The number of amides is 1. The van der Waals surface area contributed by atoms with Crippen molar-refractivity contribution >= 4 is 27.8 Å². The van der Waals surface area contributed by atoms with Crippen LogP contribution in [0, 0.1) is 5.92 Å². The van der Waals surface area contributed by atoms with Crippen LogP contribution in [0.1, 0.15) is 36.0 Å². The quantitative estimate of drug-likeness (QED) is 0.416. The van der Waals surface area contributed by atoms with Gasteiger partial charge in [-0.3, -0.25) is 4.79 Å². The van der Waals surface area contributed by atoms with Gasteiger partial charge in [-0.1, -0.05) is 0 Å². The largest absolute Gasteiger partial charge is 0.493 e. The van der Waals surface area contributed by atoms with E-state index in [1.54, 1.807) is 14.2 Å². The highest BCUT2D eigenvalue weighted by atomic mass is 16.5. The lowest BCUT2D eigenvalue weighted by Crippen LogP contribution is -2.45. The number of carbonyl (C=O) groups excluding carboxylic acids is 1. The Morgan fingerprint density at radius 2 is 1.89 bits per heavy atom. The third kappa shape index (κ3) is 3.79. The first kappa shape index (κ1) is 23.4. The number of piperidine rings is 1. The van der Waals surface area contributed by atoms with E-state index in [0.29, 0.717) is 48.4 Å². The predicted molar refractivity (Wildman–Crippen MR) is 145 cm³/mol. The van der Waals surface area contributed by atoms with Gasteiger partial charge in [0.05, 0.1) is 37.5 Å². The average Bonchev–Trinajstić information content (AvgIpc) is 3.59. The standard InChI is InChI=1S/C29H33N5O4/c1-36-24-12-18-11-23(34(15-17-5-6-17)22(18)14-25(24)37-2)28-31-21-10-19(13-26-27(21)33(28)8-9-38-26)29(35)32-7-3-4-20(30)16-32/h10-14,17,20H,3-9,15-16,30H2,1-2H3. The van der Waals surface area contributed by atoms with Gasteiger partial charge in [0.15, 0.2) is 17.3 Å². The molecule has 2 aliphatic heterocycles. The number of hydrogen-bond acceptors (Lipinski definition) is 6. The fourth-order valence-corrected chi connectivity index (χ4v) is 6.03. The Morgan fingerprint density at radius 1 is 1.08 bits per heavy atom. The summed E-state index contributed by atoms with van der Waals surface area (Å²) < 4.78 is 21.9. The molecular formula is C29H33N5O4. The fourth-order valence-electron chi connectivity index (χ4n) is 6.03. The Hall–Kier alpha value is -3.72. The van der Waals surface area contributed by atoms with Crippen molar-refractivity contribution in [2.45, 2.75) is 44.8 Å². The Morgan fingerprint density at radius 3 is 2.66 bits per heavy atom. The Labute approximate surface area is 221 Å². The van der Waals surface area contributed by atoms with E-state index in [2.05, 4.69) is 21.3 Å². The molecule has 1 unspecified atom stereocenters. The normalized spacial score (nSPS) is 19.1. The maximum Gasteiger partial charge on any atom is 0.254 e. The van der Waals surface area contributed by atoms with Gasteiger partial charge >= 0.3 is 0 Å². The number of likely N-dealkylation sites (tertiary alicyclic amines) is 1. The van der Waals surface area contributed by atoms with Crippen LogP contribution in [0.4, 0.5) is 0 Å². The van der Waals surface area contributed by atoms with Gasteiger partial charge in [0.25, 0.3) is 5.91 Å². The average molecular weight is 516 g/mol. The van der Waals surface area contributed by atoms with Gasteiger partial charge in [0.2, 0.25) is 0 Å². The lowest BCUT2D eigenvalue weighted by molar-refractivity contribution is 0.0708. The van der Waals surface area contributed by atoms with Crippen molar-refractivity contribution in [1.29, 1.82) is 0 Å². The monoisotopic (exact) mass is 515 g/mol. The van der Waals surface area contributed by atoms with Gasteiger partial charge in [-0.05, 0) is 55.9 Å². The van der Waals surface area contributed by atoms with E-state index in [9.17, 15) is 4.79 Å². The van der Waals surface area contributed by atoms with Gasteiger partial charge < -0.3 is 34.0 Å². The van der Waals surface area contributed by atoms with Crippen LogP contribution in [0.5, 0.6) is 17.2 Å². The van der Waals surface area contributed by atoms with Crippen LogP contribution < -0.4 is 19.9 Å². The number of benzene rings is 2. The number of hydrogen-bond donors (Lipinski definition) is 1. The molecule has 9 nitrogen and oxygen atoms in total. The Kier molecular flexibility index (Phi) is 5.51. The summed E-state index contributed by atoms with van der Waals surface area (Å²) in [5.74, 6) is 3.69. The predicted octanol–water partition coefficient (Wildman–Crippen LogP) is 4.04. The molecule has 0 bridgehead atoms. The van der Waals surface area contributed by atoms with E-state index in [0.717, 1.165) is 59.4 Å². The minimum absolute atomic E-state index is 0.00869. The SMILES string of the molecule is COc1cc2cc(-c3nc4cc(C(=O)N5CCCC(N)C5)cc5c4n3CCO5)n(CC3CC3)c2cc1OC. The molecule has 0 radical (unpaired) electrons. The number of nitrogens with two attached hydrogens (primary N) is 1. The molecule has 2 fully saturated rings. The van der Waals surface area contributed by atoms with Crippen LogP contribution in [0.15, 0.2) is 30.3 Å². The summed E-state index contributed by atoms with van der Waals surface area (Å²) in [7, 11) is 3.33. The molecule has 2 aromatic heterocycles. The van der Waals surface area contributed by atoms with Crippen LogP contribution in [0.3, 0.4) is 0 Å². The number of carbonyl (C=O) groups is 1. The van der Waals surface area contributed by atoms with Crippen LogP contribution in [-0.4, -0.2) is 64.9 Å². The number of nitrogens with zero attached hydrogens (tertiary/aromatic N) is 4. The van der Waals surface area contributed by atoms with Crippen molar-refractivity contribution in [2.75, 3.05) is 33.9 Å². The van der Waals surface area contributed by atoms with E-state index >= 15 is 0 Å². The number of ether oxygens (including phenoxy) is 3. The number of imidazole rings is 1. The minimum Gasteiger partial charge on any atom is -0.493 e. The molecule has 1 saturated heterocycles. The number of aromatic nitrogens is 3. The maximum atomic E-state index is 13.4. The first-order valence-electron chi connectivity index (χ1n) is 13.5. The Balaban J connectivity index is 1.38. The zero-order valence-corrected chi connectivity index (χ0v) is 21.9. The summed E-state index contributed by atoms with van der Waals surface area (Å²) in [4.78, 5) is 20.4. The summed E-state index contributed by atoms with van der Waals surface area (Å²) >= 11 is 0. The summed E-state index contributed by atoms with van der Waals surface area (Å²) in [5.41, 5.74) is 10.6. The second kappa shape index (κ2) is 8.94. The van der Waals surface area contributed by atoms with E-state index in [4.69, 9.17) is 24.9 Å². The van der Waals surface area contributed by atoms with Crippen LogP contribution in [-0.2, 0) is 13.1 Å². The molecule has 4 aromatic rings. The number of fused-ring (bicyclic) bond motifs is 1. The highest BCUT2D eigenvalue weighted by molar-refractivity contribution is 6.00. The first-order valence-corrected chi connectivity index (χ1v) is 13.5. The molecule has 3 aliphatic rings. The molecule has 1 aliphatic carbocycles. The van der Waals surface area contributed by atoms with Gasteiger partial charge in [-0.2, -0.15) is 0 Å².